The molecule has 2 unspecified atom stereocenters. The van der Waals surface area contributed by atoms with Crippen molar-refractivity contribution in [3.05, 3.63) is 72.2 Å². The van der Waals surface area contributed by atoms with E-state index in [1.54, 1.807) is 6.20 Å². The van der Waals surface area contributed by atoms with E-state index in [4.69, 9.17) is 4.74 Å². The van der Waals surface area contributed by atoms with Gasteiger partial charge in [-0.05, 0) is 37.0 Å². The van der Waals surface area contributed by atoms with Crippen LogP contribution in [0.3, 0.4) is 0 Å². The van der Waals surface area contributed by atoms with Gasteiger partial charge in [0.15, 0.2) is 0 Å². The van der Waals surface area contributed by atoms with Crippen molar-refractivity contribution in [1.82, 2.24) is 14.3 Å². The molecule has 2 aliphatic rings. The quantitative estimate of drug-likeness (QED) is 0.736. The normalized spacial score (nSPS) is 26.4. The lowest BCUT2D eigenvalue weighted by Crippen LogP contribution is -2.59. The predicted octanol–water partition coefficient (Wildman–Crippen LogP) is 3.88. The summed E-state index contributed by atoms with van der Waals surface area (Å²) in [6.45, 7) is 0.271. The van der Waals surface area contributed by atoms with Gasteiger partial charge in [-0.15, -0.1) is 0 Å². The van der Waals surface area contributed by atoms with E-state index in [0.29, 0.717) is 12.8 Å². The number of rotatable bonds is 3. The van der Waals surface area contributed by atoms with Crippen LogP contribution in [-0.2, 0) is 16.9 Å². The summed E-state index contributed by atoms with van der Waals surface area (Å²) in [5.41, 5.74) is 1.62. The molecule has 2 bridgehead atoms. The van der Waals surface area contributed by atoms with Crippen LogP contribution in [0.15, 0.2) is 60.9 Å². The van der Waals surface area contributed by atoms with Crippen molar-refractivity contribution in [2.45, 2.75) is 56.4 Å². The maximum absolute atomic E-state index is 12.9. The van der Waals surface area contributed by atoms with E-state index in [1.165, 1.54) is 0 Å². The fourth-order valence-electron chi connectivity index (χ4n) is 5.01. The molecular formula is C23H25N3O3. The van der Waals surface area contributed by atoms with E-state index in [9.17, 15) is 9.90 Å². The van der Waals surface area contributed by atoms with Crippen LogP contribution in [0, 0.1) is 0 Å². The minimum atomic E-state index is -0.993. The molecule has 0 saturated carbocycles. The first-order chi connectivity index (χ1) is 14.1. The molecule has 2 aliphatic heterocycles. The molecule has 1 N–H and O–H groups in total. The number of nitrogens with zero attached hydrogens (tertiary/aromatic N) is 3. The van der Waals surface area contributed by atoms with Crippen molar-refractivity contribution >= 4 is 11.7 Å². The van der Waals surface area contributed by atoms with Crippen LogP contribution >= 0.6 is 0 Å². The number of piperidine rings is 2. The van der Waals surface area contributed by atoms with Crippen LogP contribution in [0.25, 0.3) is 5.65 Å². The number of carbonyl (C=O) groups excluding carboxylic acids is 1. The molecule has 4 heterocycles. The predicted molar refractivity (Wildman–Crippen MR) is 108 cm³/mol. The van der Waals surface area contributed by atoms with Crippen molar-refractivity contribution in [3.8, 4) is 0 Å². The molecule has 2 saturated heterocycles. The van der Waals surface area contributed by atoms with Crippen LogP contribution in [0.5, 0.6) is 0 Å². The van der Waals surface area contributed by atoms with Gasteiger partial charge in [-0.1, -0.05) is 36.4 Å². The van der Waals surface area contributed by atoms with Gasteiger partial charge in [0.2, 0.25) is 0 Å². The zero-order valence-corrected chi connectivity index (χ0v) is 16.3. The molecule has 29 heavy (non-hydrogen) atoms. The van der Waals surface area contributed by atoms with Crippen molar-refractivity contribution in [2.75, 3.05) is 0 Å². The van der Waals surface area contributed by atoms with E-state index in [2.05, 4.69) is 4.98 Å². The number of pyridine rings is 1. The SMILES string of the molecule is O=C(OCc1ccccc1)N1C2CCCC1CC(O)(c1cnc3ccccn13)C2. The lowest BCUT2D eigenvalue weighted by Gasteiger charge is -2.51. The Morgan fingerprint density at radius 3 is 2.59 bits per heavy atom. The maximum atomic E-state index is 12.9. The Hall–Kier alpha value is -2.86. The summed E-state index contributed by atoms with van der Waals surface area (Å²) in [5.74, 6) is 0. The summed E-state index contributed by atoms with van der Waals surface area (Å²) in [4.78, 5) is 19.2. The Morgan fingerprint density at radius 2 is 1.83 bits per heavy atom. The van der Waals surface area contributed by atoms with Crippen molar-refractivity contribution in [2.24, 2.45) is 0 Å². The summed E-state index contributed by atoms with van der Waals surface area (Å²) in [7, 11) is 0. The lowest BCUT2D eigenvalue weighted by atomic mass is 9.74. The maximum Gasteiger partial charge on any atom is 0.410 e. The number of aliphatic hydroxyl groups is 1. The van der Waals surface area contributed by atoms with Crippen LogP contribution in [0.4, 0.5) is 4.79 Å². The monoisotopic (exact) mass is 391 g/mol. The molecule has 0 spiro atoms. The number of carbonyl (C=O) groups is 1. The molecule has 2 aromatic heterocycles. The fraction of sp³-hybridized carbons (Fsp3) is 0.391. The van der Waals surface area contributed by atoms with Gasteiger partial charge in [0.25, 0.3) is 0 Å². The minimum absolute atomic E-state index is 0.0231. The van der Waals surface area contributed by atoms with Gasteiger partial charge in [0.1, 0.15) is 17.9 Å². The highest BCUT2D eigenvalue weighted by molar-refractivity contribution is 5.69. The first kappa shape index (κ1) is 18.2. The second-order valence-electron chi connectivity index (χ2n) is 8.20. The van der Waals surface area contributed by atoms with Crippen LogP contribution < -0.4 is 0 Å². The molecule has 1 amide bonds. The van der Waals surface area contributed by atoms with E-state index in [-0.39, 0.29) is 24.8 Å². The Bertz CT molecular complexity index is 1000. The van der Waals surface area contributed by atoms with Crippen molar-refractivity contribution < 1.29 is 14.6 Å². The van der Waals surface area contributed by atoms with Gasteiger partial charge in [-0.2, -0.15) is 0 Å². The molecule has 0 radical (unpaired) electrons. The second kappa shape index (κ2) is 7.19. The van der Waals surface area contributed by atoms with Crippen LogP contribution in [-0.4, -0.2) is 37.6 Å². The van der Waals surface area contributed by atoms with E-state index < -0.39 is 5.60 Å². The molecule has 5 rings (SSSR count). The highest BCUT2D eigenvalue weighted by Gasteiger charge is 2.49. The molecule has 6 nitrogen and oxygen atoms in total. The average molecular weight is 391 g/mol. The molecule has 3 aromatic rings. The average Bonchev–Trinajstić information content (AvgIpc) is 3.17. The summed E-state index contributed by atoms with van der Waals surface area (Å²) >= 11 is 0. The summed E-state index contributed by atoms with van der Waals surface area (Å²) in [6, 6.07) is 15.5. The van der Waals surface area contributed by atoms with E-state index in [0.717, 1.165) is 36.2 Å². The molecule has 2 atom stereocenters. The number of hydrogen-bond donors (Lipinski definition) is 1. The molecule has 2 fully saturated rings. The van der Waals surface area contributed by atoms with Gasteiger partial charge in [0.05, 0.1) is 11.9 Å². The highest BCUT2D eigenvalue weighted by atomic mass is 16.6. The van der Waals surface area contributed by atoms with E-state index >= 15 is 0 Å². The number of imidazole rings is 1. The van der Waals surface area contributed by atoms with E-state index in [1.807, 2.05) is 64.0 Å². The number of aromatic nitrogens is 2. The van der Waals surface area contributed by atoms with Crippen molar-refractivity contribution in [3.63, 3.8) is 0 Å². The topological polar surface area (TPSA) is 67.1 Å². The molecule has 6 heteroatoms. The molecular weight excluding hydrogens is 366 g/mol. The van der Waals surface area contributed by atoms with Gasteiger partial charge >= 0.3 is 6.09 Å². The summed E-state index contributed by atoms with van der Waals surface area (Å²) in [5, 5.41) is 11.6. The van der Waals surface area contributed by atoms with Gasteiger partial charge < -0.3 is 19.1 Å². The Kier molecular flexibility index (Phi) is 4.51. The lowest BCUT2D eigenvalue weighted by molar-refractivity contribution is -0.0922. The minimum Gasteiger partial charge on any atom is -0.445 e. The first-order valence-electron chi connectivity index (χ1n) is 10.3. The Balaban J connectivity index is 1.36. The standard InChI is InChI=1S/C23H25N3O3/c27-22(29-16-17-7-2-1-3-8-17)26-18-9-6-10-19(26)14-23(28,13-18)20-15-24-21-11-4-5-12-25(20)21/h1-5,7-8,11-12,15,18-19,28H,6,9-10,13-14,16H2. The van der Waals surface area contributed by atoms with Crippen molar-refractivity contribution in [1.29, 1.82) is 0 Å². The number of hydrogen-bond acceptors (Lipinski definition) is 4. The highest BCUT2D eigenvalue weighted by Crippen LogP contribution is 2.44. The number of benzene rings is 1. The number of ether oxygens (including phenoxy) is 1. The Morgan fingerprint density at radius 1 is 1.10 bits per heavy atom. The van der Waals surface area contributed by atoms with Gasteiger partial charge in [0, 0.05) is 31.1 Å². The summed E-state index contributed by atoms with van der Waals surface area (Å²) < 4.78 is 7.58. The van der Waals surface area contributed by atoms with Crippen LogP contribution in [0.1, 0.15) is 43.4 Å². The molecule has 1 aromatic carbocycles. The number of fused-ring (bicyclic) bond motifs is 3. The van der Waals surface area contributed by atoms with Gasteiger partial charge in [-0.3, -0.25) is 0 Å². The third-order valence-corrected chi connectivity index (χ3v) is 6.32. The van der Waals surface area contributed by atoms with Gasteiger partial charge in [-0.25, -0.2) is 9.78 Å². The first-order valence-corrected chi connectivity index (χ1v) is 10.3. The molecule has 0 aliphatic carbocycles. The largest absolute Gasteiger partial charge is 0.445 e. The zero-order valence-electron chi connectivity index (χ0n) is 16.3. The van der Waals surface area contributed by atoms with Crippen LogP contribution in [0.2, 0.25) is 0 Å². The third kappa shape index (κ3) is 3.27. The second-order valence-corrected chi connectivity index (χ2v) is 8.20. The third-order valence-electron chi connectivity index (χ3n) is 6.32. The molecule has 150 valence electrons. The fourth-order valence-corrected chi connectivity index (χ4v) is 5.01. The zero-order chi connectivity index (χ0) is 19.8. The Labute approximate surface area is 169 Å². The number of amides is 1. The smallest absolute Gasteiger partial charge is 0.410 e. The summed E-state index contributed by atoms with van der Waals surface area (Å²) in [6.07, 6.45) is 7.29.